The highest BCUT2D eigenvalue weighted by Gasteiger charge is 2.25. The smallest absolute Gasteiger partial charge is 0.232 e. The van der Waals surface area contributed by atoms with E-state index in [1.54, 1.807) is 44.6 Å². The highest BCUT2D eigenvalue weighted by molar-refractivity contribution is 7.93. The molecule has 0 bridgehead atoms. The number of piperidine rings is 3. The summed E-state index contributed by atoms with van der Waals surface area (Å²) in [5.74, 6) is -0.485. The number of hydrogen-bond acceptors (Lipinski definition) is 19. The number of ether oxygens (including phenoxy) is 4. The number of rotatable bonds is 25. The zero-order valence-electron chi connectivity index (χ0n) is 61.1. The van der Waals surface area contributed by atoms with Gasteiger partial charge in [0, 0.05) is 95.6 Å². The molecule has 0 aliphatic carbocycles. The van der Waals surface area contributed by atoms with Gasteiger partial charge in [-0.3, -0.25) is 14.2 Å². The Bertz CT molecular complexity index is 4870. The molecule has 0 spiro atoms. The largest absolute Gasteiger partial charge is 0.493 e. The monoisotopic (exact) mass is 1510 g/mol. The van der Waals surface area contributed by atoms with Gasteiger partial charge in [0.2, 0.25) is 30.1 Å². The molecule has 3 aliphatic heterocycles. The Morgan fingerprint density at radius 3 is 1.19 bits per heavy atom. The minimum Gasteiger partial charge on any atom is -0.493 e. The molecule has 3 aromatic heterocycles. The summed E-state index contributed by atoms with van der Waals surface area (Å²) in [5, 5.41) is 3.57. The van der Waals surface area contributed by atoms with Crippen LogP contribution in [0.4, 0.5) is 54.7 Å². The molecule has 1 unspecified atom stereocenters. The number of hydrogen-bond donors (Lipinski definition) is 7. The fraction of sp³-hybridized carbons (Fsp3) is 0.354. The van der Waals surface area contributed by atoms with E-state index in [4.69, 9.17) is 36.1 Å². The maximum absolute atomic E-state index is 14.9. The molecule has 106 heavy (non-hydrogen) atoms. The Morgan fingerprint density at radius 1 is 0.434 bits per heavy atom. The standard InChI is InChI=1S/C27H34N4O4S.2C26H31FN4O3S/c1-4-14-36(32,33)30-24-16-20(17-25(34-2)26(24)35-3)23-15-21(18-29-27(23)28)19-8-10-22(11-9-19)31-12-6-5-7-13-31;1-3-11-35(32,33)31-24-15-19(14-22(27)25(24)34-2)21-13-20(16-30-26(21)28)17-7-6-8-18(12-17)23-9-4-5-10-29-23;1-3-13-35(32,33)30-24-16-19(15-23(27)25(24)34-2)22-14-20(17-29-26(22)28)18-7-9-21(10-8-18)31-11-5-4-6-12-31/h8-11,15-18,30H,4-7,12-14H2,1-3H3,(H2,28,29);6-8,12-16,23,29,31H,3-5,9-11H2,1-2H3,(H2,28,30);7-10,14-17,30H,3-6,11-13H2,1-2H3,(H2,28,29). The van der Waals surface area contributed by atoms with Gasteiger partial charge >= 0.3 is 0 Å². The number of sulfonamides is 3. The van der Waals surface area contributed by atoms with E-state index >= 15 is 0 Å². The lowest BCUT2D eigenvalue weighted by molar-refractivity contribution is 0.356. The normalized spacial score (nSPS) is 14.7. The van der Waals surface area contributed by atoms with Crippen LogP contribution in [-0.4, -0.2) is 119 Å². The SMILES string of the molecule is CCCS(=O)(=O)Nc1cc(-c2cc(-c3ccc(N4CCCCC4)cc3)cnc2N)cc(F)c1OC.CCCS(=O)(=O)Nc1cc(-c2cc(-c3ccc(N4CCCCC4)cc3)cnc2N)cc(OC)c1OC.CCCS(=O)(=O)Nc1cc(-c2cc(-c3cccc(C4CCCCN4)c3)cnc2N)cc(F)c1OC. The predicted octanol–water partition coefficient (Wildman–Crippen LogP) is 15.6. The minimum atomic E-state index is -3.66. The summed E-state index contributed by atoms with van der Waals surface area (Å²) >= 11 is 0. The third-order valence-corrected chi connectivity index (χ3v) is 23.1. The van der Waals surface area contributed by atoms with E-state index in [9.17, 15) is 34.0 Å². The van der Waals surface area contributed by atoms with Gasteiger partial charge in [0.05, 0.1) is 62.8 Å². The summed E-state index contributed by atoms with van der Waals surface area (Å²) in [6, 6.07) is 40.1. The number of pyridine rings is 3. The van der Waals surface area contributed by atoms with Gasteiger partial charge in [-0.25, -0.2) is 49.0 Å². The highest BCUT2D eigenvalue weighted by Crippen LogP contribution is 2.44. The molecule has 3 aliphatic rings. The van der Waals surface area contributed by atoms with Crippen molar-refractivity contribution in [1.29, 1.82) is 0 Å². The Labute approximate surface area is 622 Å². The van der Waals surface area contributed by atoms with Crippen LogP contribution in [0, 0.1) is 11.6 Å². The molecule has 564 valence electrons. The van der Waals surface area contributed by atoms with Gasteiger partial charge in [-0.05, 0) is 201 Å². The van der Waals surface area contributed by atoms with Crippen molar-refractivity contribution in [2.24, 2.45) is 0 Å². The van der Waals surface area contributed by atoms with Crippen LogP contribution >= 0.6 is 0 Å². The van der Waals surface area contributed by atoms with E-state index in [2.05, 4.69) is 92.8 Å². The predicted molar refractivity (Wildman–Crippen MR) is 425 cm³/mol. The molecule has 3 fully saturated rings. The van der Waals surface area contributed by atoms with E-state index in [-0.39, 0.29) is 57.5 Å². The molecular weight excluding hydrogens is 1410 g/mol. The van der Waals surface area contributed by atoms with Crippen LogP contribution < -0.4 is 65.4 Å². The average molecular weight is 1510 g/mol. The lowest BCUT2D eigenvalue weighted by atomic mass is 9.94. The molecule has 12 rings (SSSR count). The van der Waals surface area contributed by atoms with E-state index in [0.717, 1.165) is 72.5 Å². The van der Waals surface area contributed by atoms with Gasteiger partial charge in [0.25, 0.3) is 0 Å². The summed E-state index contributed by atoms with van der Waals surface area (Å²) < 4.78 is 133. The molecule has 3 saturated heterocycles. The van der Waals surface area contributed by atoms with Crippen LogP contribution in [0.25, 0.3) is 66.8 Å². The first-order valence-electron chi connectivity index (χ1n) is 35.8. The second kappa shape index (κ2) is 35.9. The van der Waals surface area contributed by atoms with Crippen LogP contribution in [0.3, 0.4) is 0 Å². The van der Waals surface area contributed by atoms with Crippen LogP contribution in [0.15, 0.2) is 146 Å². The van der Waals surface area contributed by atoms with Crippen molar-refractivity contribution >= 4 is 76.0 Å². The molecule has 10 N–H and O–H groups in total. The molecule has 9 aromatic rings. The highest BCUT2D eigenvalue weighted by atomic mass is 32.2. The van der Waals surface area contributed by atoms with Crippen LogP contribution in [0.1, 0.15) is 109 Å². The topological polar surface area (TPSA) is 311 Å². The van der Waals surface area contributed by atoms with Crippen molar-refractivity contribution in [3.05, 3.63) is 163 Å². The van der Waals surface area contributed by atoms with Crippen molar-refractivity contribution < 1.29 is 53.0 Å². The van der Waals surface area contributed by atoms with E-state index < -0.39 is 41.7 Å². The van der Waals surface area contributed by atoms with Crippen molar-refractivity contribution in [3.63, 3.8) is 0 Å². The fourth-order valence-electron chi connectivity index (χ4n) is 13.4. The molecule has 27 heteroatoms. The molecule has 0 radical (unpaired) electrons. The number of nitrogens with zero attached hydrogens (tertiary/aromatic N) is 5. The van der Waals surface area contributed by atoms with Gasteiger partial charge in [0.15, 0.2) is 34.6 Å². The van der Waals surface area contributed by atoms with E-state index in [1.807, 2.05) is 49.4 Å². The maximum Gasteiger partial charge on any atom is 0.232 e. The number of nitrogens with two attached hydrogens (primary N) is 3. The number of nitrogens with one attached hydrogen (secondary N) is 4. The van der Waals surface area contributed by atoms with Crippen molar-refractivity contribution in [1.82, 2.24) is 20.3 Å². The van der Waals surface area contributed by atoms with Gasteiger partial charge in [-0.1, -0.05) is 69.7 Å². The van der Waals surface area contributed by atoms with Crippen LogP contribution in [-0.2, 0) is 30.1 Å². The second-order valence-corrected chi connectivity index (χ2v) is 31.9. The van der Waals surface area contributed by atoms with Crippen molar-refractivity contribution in [2.75, 3.05) is 120 Å². The lowest BCUT2D eigenvalue weighted by Gasteiger charge is -2.28. The first-order chi connectivity index (χ1) is 51.0. The number of nitrogen functional groups attached to an aromatic ring is 3. The molecule has 1 atom stereocenters. The summed E-state index contributed by atoms with van der Waals surface area (Å²) in [6.07, 6.45) is 17.4. The second-order valence-electron chi connectivity index (χ2n) is 26.4. The first-order valence-corrected chi connectivity index (χ1v) is 40.8. The van der Waals surface area contributed by atoms with Crippen molar-refractivity contribution in [2.45, 2.75) is 104 Å². The number of benzene rings is 6. The van der Waals surface area contributed by atoms with E-state index in [0.29, 0.717) is 76.0 Å². The summed E-state index contributed by atoms with van der Waals surface area (Å²) in [6.45, 7) is 10.7. The third-order valence-electron chi connectivity index (χ3n) is 18.7. The van der Waals surface area contributed by atoms with Crippen LogP contribution in [0.5, 0.6) is 23.0 Å². The van der Waals surface area contributed by atoms with Gasteiger partial charge in [-0.15, -0.1) is 0 Å². The molecule has 0 saturated carbocycles. The fourth-order valence-corrected chi connectivity index (χ4v) is 16.8. The lowest BCUT2D eigenvalue weighted by Crippen LogP contribution is -2.29. The van der Waals surface area contributed by atoms with Crippen LogP contribution in [0.2, 0.25) is 0 Å². The number of halogens is 2. The Hall–Kier alpha value is -9.96. The maximum atomic E-state index is 14.9. The zero-order valence-corrected chi connectivity index (χ0v) is 63.6. The molecule has 6 aromatic carbocycles. The Morgan fingerprint density at radius 2 is 0.821 bits per heavy atom. The molecule has 0 amide bonds. The van der Waals surface area contributed by atoms with E-state index in [1.165, 1.54) is 121 Å². The first kappa shape index (κ1) is 78.6. The average Bonchev–Trinajstić information content (AvgIpc) is 0.798. The molecular formula is C79H96F2N12O10S3. The summed E-state index contributed by atoms with van der Waals surface area (Å²) in [7, 11) is -5.30. The summed E-state index contributed by atoms with van der Waals surface area (Å²) in [4.78, 5) is 17.9. The summed E-state index contributed by atoms with van der Waals surface area (Å²) in [5.41, 5.74) is 31.2. The zero-order chi connectivity index (χ0) is 75.7. The third kappa shape index (κ3) is 19.9. The Balaban J connectivity index is 0.000000170. The molecule has 6 heterocycles. The van der Waals surface area contributed by atoms with Gasteiger partial charge in [0.1, 0.15) is 17.5 Å². The quantitative estimate of drug-likeness (QED) is 0.0280. The van der Waals surface area contributed by atoms with Crippen molar-refractivity contribution in [3.8, 4) is 89.8 Å². The number of methoxy groups -OCH3 is 4. The minimum absolute atomic E-state index is 0.00466. The molecule has 22 nitrogen and oxygen atoms in total. The Kier molecular flexibility index (Phi) is 26.6. The van der Waals surface area contributed by atoms with Gasteiger partial charge < -0.3 is 51.3 Å². The van der Waals surface area contributed by atoms with Gasteiger partial charge in [-0.2, -0.15) is 0 Å². The number of anilines is 8. The number of aromatic nitrogens is 3.